The van der Waals surface area contributed by atoms with Crippen LogP contribution in [-0.2, 0) is 10.8 Å². The van der Waals surface area contributed by atoms with Crippen LogP contribution in [0.25, 0.3) is 10.2 Å². The first kappa shape index (κ1) is 14.9. The fourth-order valence-corrected chi connectivity index (χ4v) is 3.07. The minimum absolute atomic E-state index is 0.0158. The lowest BCUT2D eigenvalue weighted by molar-refractivity contribution is 0.0701. The van der Waals surface area contributed by atoms with E-state index >= 15 is 0 Å². The number of thiophene rings is 1. The molecule has 2 aromatic heterocycles. The number of carboxylic acids is 1. The summed E-state index contributed by atoms with van der Waals surface area (Å²) in [5.74, 6) is -0.368. The van der Waals surface area contributed by atoms with Gasteiger partial charge in [-0.1, -0.05) is 0 Å². The average Bonchev–Trinajstić information content (AvgIpc) is 2.74. The number of aromatic nitrogens is 2. The van der Waals surface area contributed by atoms with E-state index in [-0.39, 0.29) is 10.1 Å². The Bertz CT molecular complexity index is 684. The van der Waals surface area contributed by atoms with Crippen molar-refractivity contribution < 1.29 is 14.1 Å². The molecule has 108 valence electrons. The number of hydrogen-bond acceptors (Lipinski definition) is 6. The zero-order valence-electron chi connectivity index (χ0n) is 11.3. The largest absolute Gasteiger partial charge is 0.477 e. The fourth-order valence-electron chi connectivity index (χ4n) is 1.77. The molecule has 2 unspecified atom stereocenters. The van der Waals surface area contributed by atoms with Gasteiger partial charge in [0.2, 0.25) is 0 Å². The lowest BCUT2D eigenvalue weighted by atomic mass is 10.2. The molecule has 0 saturated carbocycles. The summed E-state index contributed by atoms with van der Waals surface area (Å²) in [4.78, 5) is 20.4. The monoisotopic (exact) mass is 313 g/mol. The van der Waals surface area contributed by atoms with Gasteiger partial charge in [-0.25, -0.2) is 14.8 Å². The maximum absolute atomic E-state index is 11.4. The summed E-state index contributed by atoms with van der Waals surface area (Å²) in [5, 5.41) is 13.0. The normalized spacial score (nSPS) is 14.2. The van der Waals surface area contributed by atoms with E-state index < -0.39 is 16.8 Å². The highest BCUT2D eigenvalue weighted by atomic mass is 32.2. The molecule has 0 aliphatic heterocycles. The zero-order valence-corrected chi connectivity index (χ0v) is 13.0. The van der Waals surface area contributed by atoms with E-state index in [1.54, 1.807) is 13.2 Å². The third-order valence-corrected chi connectivity index (χ3v) is 5.53. The lowest BCUT2D eigenvalue weighted by Gasteiger charge is -2.11. The van der Waals surface area contributed by atoms with Crippen LogP contribution < -0.4 is 5.32 Å². The Morgan fingerprint density at radius 1 is 1.55 bits per heavy atom. The zero-order chi connectivity index (χ0) is 14.9. The number of anilines is 1. The summed E-state index contributed by atoms with van der Waals surface area (Å²) in [6.45, 7) is 4.13. The van der Waals surface area contributed by atoms with Crippen LogP contribution in [0.2, 0.25) is 0 Å². The molecule has 2 atom stereocenters. The van der Waals surface area contributed by atoms with Crippen molar-refractivity contribution in [3.63, 3.8) is 0 Å². The Morgan fingerprint density at radius 3 is 2.85 bits per heavy atom. The van der Waals surface area contributed by atoms with Crippen LogP contribution >= 0.6 is 11.3 Å². The first-order valence-corrected chi connectivity index (χ1v) is 8.39. The summed E-state index contributed by atoms with van der Waals surface area (Å²) in [7, 11) is -0.923. The van der Waals surface area contributed by atoms with Crippen molar-refractivity contribution in [2.24, 2.45) is 0 Å². The molecule has 0 spiro atoms. The van der Waals surface area contributed by atoms with E-state index in [0.29, 0.717) is 22.8 Å². The molecule has 8 heteroatoms. The molecule has 2 N–H and O–H groups in total. The molecular weight excluding hydrogens is 298 g/mol. The molecule has 6 nitrogen and oxygen atoms in total. The molecule has 0 aromatic carbocycles. The maximum atomic E-state index is 11.4. The Morgan fingerprint density at radius 2 is 2.25 bits per heavy atom. The van der Waals surface area contributed by atoms with Gasteiger partial charge in [0.1, 0.15) is 21.9 Å². The molecule has 0 aliphatic carbocycles. The Labute approximate surface area is 122 Å². The predicted octanol–water partition coefficient (Wildman–Crippen LogP) is 1.88. The number of nitrogens with one attached hydrogen (secondary N) is 1. The second kappa shape index (κ2) is 5.84. The van der Waals surface area contributed by atoms with Crippen LogP contribution in [-0.4, -0.2) is 43.3 Å². The van der Waals surface area contributed by atoms with E-state index in [2.05, 4.69) is 15.3 Å². The maximum Gasteiger partial charge on any atom is 0.346 e. The predicted molar refractivity (Wildman–Crippen MR) is 81.1 cm³/mol. The molecule has 2 aromatic rings. The summed E-state index contributed by atoms with van der Waals surface area (Å²) < 4.78 is 11.4. The number of aryl methyl sites for hydroxylation is 1. The van der Waals surface area contributed by atoms with Crippen LogP contribution in [0, 0.1) is 6.92 Å². The number of carbonyl (C=O) groups is 1. The van der Waals surface area contributed by atoms with Gasteiger partial charge in [-0.15, -0.1) is 11.3 Å². The highest BCUT2D eigenvalue weighted by molar-refractivity contribution is 7.84. The lowest BCUT2D eigenvalue weighted by Crippen LogP contribution is -2.21. The minimum atomic E-state index is -0.959. The molecule has 20 heavy (non-hydrogen) atoms. The van der Waals surface area contributed by atoms with E-state index in [4.69, 9.17) is 5.11 Å². The first-order valence-electron chi connectivity index (χ1n) is 5.95. The van der Waals surface area contributed by atoms with Crippen molar-refractivity contribution in [1.29, 1.82) is 0 Å². The van der Waals surface area contributed by atoms with Crippen LogP contribution in [0.3, 0.4) is 0 Å². The molecule has 0 fully saturated rings. The van der Waals surface area contributed by atoms with Gasteiger partial charge in [0.15, 0.2) is 0 Å². The Balaban J connectivity index is 2.39. The summed E-state index contributed by atoms with van der Waals surface area (Å²) in [6, 6.07) is 0. The fraction of sp³-hybridized carbons (Fsp3) is 0.417. The molecular formula is C12H15N3O3S2. The van der Waals surface area contributed by atoms with Crippen LogP contribution in [0.5, 0.6) is 0 Å². The van der Waals surface area contributed by atoms with Gasteiger partial charge in [-0.05, 0) is 19.4 Å². The third kappa shape index (κ3) is 2.80. The van der Waals surface area contributed by atoms with Crippen LogP contribution in [0.1, 0.15) is 22.2 Å². The smallest absolute Gasteiger partial charge is 0.346 e. The van der Waals surface area contributed by atoms with Gasteiger partial charge >= 0.3 is 5.97 Å². The molecule has 0 bridgehead atoms. The van der Waals surface area contributed by atoms with E-state index in [1.165, 1.54) is 6.33 Å². The van der Waals surface area contributed by atoms with Crippen molar-refractivity contribution in [2.75, 3.05) is 18.1 Å². The topological polar surface area (TPSA) is 92.2 Å². The molecule has 0 amide bonds. The number of rotatable bonds is 5. The van der Waals surface area contributed by atoms with Gasteiger partial charge < -0.3 is 10.4 Å². The van der Waals surface area contributed by atoms with Crippen molar-refractivity contribution in [3.05, 3.63) is 16.8 Å². The Kier molecular flexibility index (Phi) is 4.34. The highest BCUT2D eigenvalue weighted by Gasteiger charge is 2.18. The summed E-state index contributed by atoms with van der Waals surface area (Å²) >= 11 is 1.14. The molecule has 2 heterocycles. The third-order valence-electron chi connectivity index (χ3n) is 3.04. The van der Waals surface area contributed by atoms with Crippen LogP contribution in [0.15, 0.2) is 6.33 Å². The molecule has 0 saturated heterocycles. The first-order chi connectivity index (χ1) is 9.41. The van der Waals surface area contributed by atoms with Gasteiger partial charge in [0, 0.05) is 28.9 Å². The number of aromatic carboxylic acids is 1. The number of carboxylic acid groups (broad SMARTS) is 1. The van der Waals surface area contributed by atoms with Crippen molar-refractivity contribution >= 4 is 44.1 Å². The van der Waals surface area contributed by atoms with Crippen LogP contribution in [0.4, 0.5) is 5.82 Å². The van der Waals surface area contributed by atoms with Gasteiger partial charge in [0.25, 0.3) is 0 Å². The summed E-state index contributed by atoms with van der Waals surface area (Å²) in [5.41, 5.74) is 0.658. The van der Waals surface area contributed by atoms with E-state index in [0.717, 1.165) is 16.7 Å². The number of fused-ring (bicyclic) bond motifs is 1. The SMILES string of the molecule is Cc1c(C(=O)O)sc2ncnc(NCC(C)S(C)=O)c12. The minimum Gasteiger partial charge on any atom is -0.477 e. The molecule has 2 rings (SSSR count). The van der Waals surface area contributed by atoms with Crippen molar-refractivity contribution in [3.8, 4) is 0 Å². The number of hydrogen-bond donors (Lipinski definition) is 2. The highest BCUT2D eigenvalue weighted by Crippen LogP contribution is 2.33. The molecule has 0 radical (unpaired) electrons. The van der Waals surface area contributed by atoms with E-state index in [9.17, 15) is 9.00 Å². The average molecular weight is 313 g/mol. The number of nitrogens with zero attached hydrogens (tertiary/aromatic N) is 2. The van der Waals surface area contributed by atoms with Crippen molar-refractivity contribution in [1.82, 2.24) is 9.97 Å². The van der Waals surface area contributed by atoms with Gasteiger partial charge in [-0.3, -0.25) is 4.21 Å². The molecule has 0 aliphatic rings. The van der Waals surface area contributed by atoms with Gasteiger partial charge in [-0.2, -0.15) is 0 Å². The summed E-state index contributed by atoms with van der Waals surface area (Å²) in [6.07, 6.45) is 3.06. The van der Waals surface area contributed by atoms with Crippen molar-refractivity contribution in [2.45, 2.75) is 19.1 Å². The quantitative estimate of drug-likeness (QED) is 0.875. The van der Waals surface area contributed by atoms with Gasteiger partial charge in [0.05, 0.1) is 5.39 Å². The van der Waals surface area contributed by atoms with E-state index in [1.807, 2.05) is 6.92 Å². The second-order valence-electron chi connectivity index (χ2n) is 4.45. The second-order valence-corrected chi connectivity index (χ2v) is 7.25. The Hall–Kier alpha value is -1.54. The standard InChI is InChI=1S/C12H15N3O3S2/c1-6(20(3)18)4-13-10-8-7(2)9(12(16)17)19-11(8)15-5-14-10/h5-6H,4H2,1-3H3,(H,16,17)(H,13,14,15).